The molecule has 1 amide bonds. The van der Waals surface area contributed by atoms with Crippen molar-refractivity contribution < 1.29 is 14.6 Å². The fraction of sp³-hybridized carbons (Fsp3) is 0.533. The molecule has 1 fully saturated rings. The first-order valence-corrected chi connectivity index (χ1v) is 6.78. The molecule has 4 heteroatoms. The standard InChI is InChI=1S/C15H21NO3/c1-19-13-10-6-5-9-12(13)16-15(18)14(17)11-7-3-2-4-8-11/h2-4,7-8,12-14,17H,5-6,9-10H2,1H3,(H,16,18). The Kier molecular flexibility index (Phi) is 4.93. The van der Waals surface area contributed by atoms with Crippen LogP contribution in [-0.4, -0.2) is 30.3 Å². The number of nitrogens with one attached hydrogen (secondary N) is 1. The van der Waals surface area contributed by atoms with Crippen LogP contribution in [0.4, 0.5) is 0 Å². The lowest BCUT2D eigenvalue weighted by Gasteiger charge is -2.31. The highest BCUT2D eigenvalue weighted by molar-refractivity contribution is 5.82. The van der Waals surface area contributed by atoms with Gasteiger partial charge in [-0.3, -0.25) is 4.79 Å². The summed E-state index contributed by atoms with van der Waals surface area (Å²) >= 11 is 0. The molecule has 1 saturated carbocycles. The lowest BCUT2D eigenvalue weighted by Crippen LogP contribution is -2.47. The summed E-state index contributed by atoms with van der Waals surface area (Å²) in [6, 6.07) is 8.98. The molecule has 3 atom stereocenters. The molecule has 1 aliphatic carbocycles. The largest absolute Gasteiger partial charge is 0.379 e. The normalized spacial score (nSPS) is 24.7. The zero-order valence-electron chi connectivity index (χ0n) is 11.2. The van der Waals surface area contributed by atoms with Gasteiger partial charge in [-0.25, -0.2) is 0 Å². The fourth-order valence-corrected chi connectivity index (χ4v) is 2.59. The Morgan fingerprint density at radius 1 is 1.32 bits per heavy atom. The summed E-state index contributed by atoms with van der Waals surface area (Å²) < 4.78 is 5.39. The maximum atomic E-state index is 12.1. The first-order chi connectivity index (χ1) is 9.22. The number of aliphatic hydroxyl groups excluding tert-OH is 1. The molecule has 1 aromatic carbocycles. The molecule has 104 valence electrons. The molecule has 2 rings (SSSR count). The van der Waals surface area contributed by atoms with Crippen molar-refractivity contribution in [2.24, 2.45) is 0 Å². The van der Waals surface area contributed by atoms with E-state index in [4.69, 9.17) is 4.74 Å². The Hall–Kier alpha value is -1.39. The molecule has 0 saturated heterocycles. The molecule has 4 nitrogen and oxygen atoms in total. The van der Waals surface area contributed by atoms with Gasteiger partial charge in [0, 0.05) is 7.11 Å². The van der Waals surface area contributed by atoms with Crippen LogP contribution in [0.2, 0.25) is 0 Å². The third-order valence-corrected chi connectivity index (χ3v) is 3.70. The van der Waals surface area contributed by atoms with Gasteiger partial charge in [0.2, 0.25) is 0 Å². The van der Waals surface area contributed by atoms with Crippen LogP contribution in [0, 0.1) is 0 Å². The van der Waals surface area contributed by atoms with E-state index in [1.54, 1.807) is 19.2 Å². The highest BCUT2D eigenvalue weighted by Crippen LogP contribution is 2.22. The highest BCUT2D eigenvalue weighted by Gasteiger charge is 2.28. The summed E-state index contributed by atoms with van der Waals surface area (Å²) in [6.07, 6.45) is 3.04. The molecule has 3 unspecified atom stereocenters. The van der Waals surface area contributed by atoms with Gasteiger partial charge in [0.1, 0.15) is 0 Å². The van der Waals surface area contributed by atoms with Crippen molar-refractivity contribution in [3.05, 3.63) is 35.9 Å². The monoisotopic (exact) mass is 263 g/mol. The van der Waals surface area contributed by atoms with Crippen LogP contribution in [-0.2, 0) is 9.53 Å². The molecule has 2 N–H and O–H groups in total. The minimum absolute atomic E-state index is 0.00427. The lowest BCUT2D eigenvalue weighted by atomic mass is 9.92. The minimum Gasteiger partial charge on any atom is -0.379 e. The van der Waals surface area contributed by atoms with E-state index in [1.807, 2.05) is 18.2 Å². The van der Waals surface area contributed by atoms with Crippen molar-refractivity contribution in [1.82, 2.24) is 5.32 Å². The zero-order chi connectivity index (χ0) is 13.7. The zero-order valence-corrected chi connectivity index (χ0v) is 11.2. The summed E-state index contributed by atoms with van der Waals surface area (Å²) in [4.78, 5) is 12.1. The van der Waals surface area contributed by atoms with Crippen molar-refractivity contribution in [3.8, 4) is 0 Å². The average Bonchev–Trinajstić information content (AvgIpc) is 2.48. The van der Waals surface area contributed by atoms with Gasteiger partial charge < -0.3 is 15.2 Å². The molecule has 1 aromatic rings. The second kappa shape index (κ2) is 6.68. The second-order valence-corrected chi connectivity index (χ2v) is 4.99. The van der Waals surface area contributed by atoms with Crippen LogP contribution >= 0.6 is 0 Å². The number of amides is 1. The SMILES string of the molecule is COC1CCCCC1NC(=O)C(O)c1ccccc1. The Labute approximate surface area is 113 Å². The summed E-state index contributed by atoms with van der Waals surface area (Å²) in [7, 11) is 1.67. The van der Waals surface area contributed by atoms with E-state index in [0.29, 0.717) is 5.56 Å². The summed E-state index contributed by atoms with van der Waals surface area (Å²) in [5, 5.41) is 12.9. The van der Waals surface area contributed by atoms with Crippen LogP contribution in [0.15, 0.2) is 30.3 Å². The topological polar surface area (TPSA) is 58.6 Å². The lowest BCUT2D eigenvalue weighted by molar-refractivity contribution is -0.131. The number of hydrogen-bond donors (Lipinski definition) is 2. The van der Waals surface area contributed by atoms with Crippen molar-refractivity contribution in [2.75, 3.05) is 7.11 Å². The van der Waals surface area contributed by atoms with Crippen LogP contribution < -0.4 is 5.32 Å². The molecule has 1 aliphatic rings. The van der Waals surface area contributed by atoms with Crippen LogP contribution in [0.3, 0.4) is 0 Å². The predicted octanol–water partition coefficient (Wildman–Crippen LogP) is 1.79. The van der Waals surface area contributed by atoms with Gasteiger partial charge in [0.05, 0.1) is 12.1 Å². The number of ether oxygens (including phenoxy) is 1. The summed E-state index contributed by atoms with van der Waals surface area (Å²) in [5.41, 5.74) is 0.616. The van der Waals surface area contributed by atoms with E-state index in [1.165, 1.54) is 0 Å². The minimum atomic E-state index is -1.11. The average molecular weight is 263 g/mol. The molecule has 0 heterocycles. The van der Waals surface area contributed by atoms with Crippen LogP contribution in [0.1, 0.15) is 37.4 Å². The van der Waals surface area contributed by atoms with Crippen LogP contribution in [0.5, 0.6) is 0 Å². The molecule has 19 heavy (non-hydrogen) atoms. The van der Waals surface area contributed by atoms with E-state index in [0.717, 1.165) is 25.7 Å². The van der Waals surface area contributed by atoms with Crippen LogP contribution in [0.25, 0.3) is 0 Å². The van der Waals surface area contributed by atoms with Crippen molar-refractivity contribution in [3.63, 3.8) is 0 Å². The van der Waals surface area contributed by atoms with E-state index >= 15 is 0 Å². The van der Waals surface area contributed by atoms with Crippen molar-refractivity contribution >= 4 is 5.91 Å². The number of aliphatic hydroxyl groups is 1. The maximum absolute atomic E-state index is 12.1. The number of methoxy groups -OCH3 is 1. The van der Waals surface area contributed by atoms with E-state index in [2.05, 4.69) is 5.32 Å². The molecule has 0 aliphatic heterocycles. The number of rotatable bonds is 4. The van der Waals surface area contributed by atoms with Gasteiger partial charge in [-0.15, -0.1) is 0 Å². The van der Waals surface area contributed by atoms with Gasteiger partial charge in [0.25, 0.3) is 5.91 Å². The van der Waals surface area contributed by atoms with Gasteiger partial charge >= 0.3 is 0 Å². The van der Waals surface area contributed by atoms with Crippen molar-refractivity contribution in [2.45, 2.75) is 43.9 Å². The van der Waals surface area contributed by atoms with Gasteiger partial charge in [-0.05, 0) is 18.4 Å². The Morgan fingerprint density at radius 3 is 2.68 bits per heavy atom. The van der Waals surface area contributed by atoms with E-state index in [9.17, 15) is 9.90 Å². The molecular formula is C15H21NO3. The molecular weight excluding hydrogens is 242 g/mol. The third kappa shape index (κ3) is 3.55. The Balaban J connectivity index is 1.96. The quantitative estimate of drug-likeness (QED) is 0.870. The van der Waals surface area contributed by atoms with Gasteiger partial charge in [-0.1, -0.05) is 43.2 Å². The summed E-state index contributed by atoms with van der Waals surface area (Å²) in [6.45, 7) is 0. The fourth-order valence-electron chi connectivity index (χ4n) is 2.59. The second-order valence-electron chi connectivity index (χ2n) is 4.99. The maximum Gasteiger partial charge on any atom is 0.253 e. The Morgan fingerprint density at radius 2 is 2.00 bits per heavy atom. The highest BCUT2D eigenvalue weighted by atomic mass is 16.5. The molecule has 0 bridgehead atoms. The predicted molar refractivity (Wildman–Crippen MR) is 72.6 cm³/mol. The smallest absolute Gasteiger partial charge is 0.253 e. The first-order valence-electron chi connectivity index (χ1n) is 6.78. The summed E-state index contributed by atoms with van der Waals surface area (Å²) in [5.74, 6) is -0.347. The third-order valence-electron chi connectivity index (χ3n) is 3.70. The molecule has 0 radical (unpaired) electrons. The van der Waals surface area contributed by atoms with Gasteiger partial charge in [0.15, 0.2) is 6.10 Å². The first kappa shape index (κ1) is 14.0. The van der Waals surface area contributed by atoms with E-state index in [-0.39, 0.29) is 18.1 Å². The van der Waals surface area contributed by atoms with E-state index < -0.39 is 6.10 Å². The Bertz CT molecular complexity index is 407. The number of benzene rings is 1. The molecule has 0 spiro atoms. The number of carbonyl (C=O) groups is 1. The molecule has 0 aromatic heterocycles. The number of carbonyl (C=O) groups excluding carboxylic acids is 1. The van der Waals surface area contributed by atoms with Gasteiger partial charge in [-0.2, -0.15) is 0 Å². The number of hydrogen-bond acceptors (Lipinski definition) is 3. The van der Waals surface area contributed by atoms with Crippen molar-refractivity contribution in [1.29, 1.82) is 0 Å².